The number of methoxy groups -OCH3 is 1. The highest BCUT2D eigenvalue weighted by Gasteiger charge is 2.35. The Morgan fingerprint density at radius 3 is 2.56 bits per heavy atom. The summed E-state index contributed by atoms with van der Waals surface area (Å²) in [7, 11) is 1.52. The maximum atomic E-state index is 13.1. The Hall–Kier alpha value is -3.73. The largest absolute Gasteiger partial charge is 0.495 e. The SMILES string of the molecule is COc1ccccc1NC(=O)C[C@H]1C(=O)NCCN1C(=O)CN1CCN(c2ncccn2)CC1. The fraction of sp³-hybridized carbons (Fsp3) is 0.435. The highest BCUT2D eigenvalue weighted by molar-refractivity contribution is 5.98. The molecule has 11 nitrogen and oxygen atoms in total. The molecule has 2 saturated heterocycles. The van der Waals surface area contributed by atoms with Crippen molar-refractivity contribution in [3.8, 4) is 5.75 Å². The average Bonchev–Trinajstić information content (AvgIpc) is 2.86. The molecule has 0 spiro atoms. The maximum absolute atomic E-state index is 13.1. The molecule has 2 N–H and O–H groups in total. The van der Waals surface area contributed by atoms with Gasteiger partial charge in [0.15, 0.2) is 0 Å². The molecule has 1 aromatic heterocycles. The molecule has 0 unspecified atom stereocenters. The van der Waals surface area contributed by atoms with E-state index >= 15 is 0 Å². The maximum Gasteiger partial charge on any atom is 0.243 e. The number of hydrogen-bond acceptors (Lipinski definition) is 8. The van der Waals surface area contributed by atoms with Crippen LogP contribution in [0.15, 0.2) is 42.7 Å². The van der Waals surface area contributed by atoms with Gasteiger partial charge in [-0.2, -0.15) is 0 Å². The lowest BCUT2D eigenvalue weighted by Crippen LogP contribution is -2.60. The Morgan fingerprint density at radius 2 is 1.82 bits per heavy atom. The molecule has 11 heteroatoms. The average molecular weight is 468 g/mol. The fourth-order valence-electron chi connectivity index (χ4n) is 4.18. The molecular formula is C23H29N7O4. The molecular weight excluding hydrogens is 438 g/mol. The first kappa shape index (κ1) is 23.4. The summed E-state index contributed by atoms with van der Waals surface area (Å²) in [5, 5.41) is 5.55. The monoisotopic (exact) mass is 467 g/mol. The molecule has 1 aromatic carbocycles. The van der Waals surface area contributed by atoms with Crippen LogP contribution in [-0.4, -0.2) is 96.5 Å². The van der Waals surface area contributed by atoms with Gasteiger partial charge in [-0.1, -0.05) is 12.1 Å². The van der Waals surface area contributed by atoms with Gasteiger partial charge in [0, 0.05) is 51.7 Å². The van der Waals surface area contributed by atoms with Crippen molar-refractivity contribution in [3.63, 3.8) is 0 Å². The second kappa shape index (κ2) is 10.9. The highest BCUT2D eigenvalue weighted by Crippen LogP contribution is 2.23. The van der Waals surface area contributed by atoms with Crippen LogP contribution in [0.3, 0.4) is 0 Å². The summed E-state index contributed by atoms with van der Waals surface area (Å²) in [6, 6.07) is 7.97. The lowest BCUT2D eigenvalue weighted by Gasteiger charge is -2.38. The summed E-state index contributed by atoms with van der Waals surface area (Å²) in [5.41, 5.74) is 0.518. The zero-order chi connectivity index (χ0) is 23.9. The van der Waals surface area contributed by atoms with Crippen LogP contribution in [0.2, 0.25) is 0 Å². The standard InChI is InChI=1S/C23H29N7O4/c1-34-19-6-3-2-5-17(19)27-20(31)15-18-22(33)24-9-10-30(18)21(32)16-28-11-13-29(14-12-28)23-25-7-4-8-26-23/h2-8,18H,9-16H2,1H3,(H,24,33)(H,27,31)/t18-/m0/s1. The number of para-hydroxylation sites is 2. The molecule has 0 bridgehead atoms. The molecule has 180 valence electrons. The van der Waals surface area contributed by atoms with Crippen LogP contribution in [0, 0.1) is 0 Å². The molecule has 2 aromatic rings. The molecule has 0 saturated carbocycles. The normalized spacial score (nSPS) is 18.9. The van der Waals surface area contributed by atoms with E-state index < -0.39 is 6.04 Å². The second-order valence-corrected chi connectivity index (χ2v) is 8.16. The van der Waals surface area contributed by atoms with Crippen molar-refractivity contribution < 1.29 is 19.1 Å². The third-order valence-corrected chi connectivity index (χ3v) is 5.98. The van der Waals surface area contributed by atoms with E-state index in [1.165, 1.54) is 12.0 Å². The number of carbonyl (C=O) groups is 3. The molecule has 0 aliphatic carbocycles. The minimum absolute atomic E-state index is 0.130. The first-order valence-electron chi connectivity index (χ1n) is 11.3. The number of carbonyl (C=O) groups excluding carboxylic acids is 3. The minimum Gasteiger partial charge on any atom is -0.495 e. The molecule has 0 radical (unpaired) electrons. The summed E-state index contributed by atoms with van der Waals surface area (Å²) in [4.78, 5) is 52.6. The lowest BCUT2D eigenvalue weighted by molar-refractivity contribution is -0.145. The van der Waals surface area contributed by atoms with Gasteiger partial charge in [0.05, 0.1) is 25.8 Å². The van der Waals surface area contributed by atoms with Crippen LogP contribution in [0.4, 0.5) is 11.6 Å². The van der Waals surface area contributed by atoms with Crippen LogP contribution >= 0.6 is 0 Å². The number of rotatable bonds is 7. The number of nitrogens with zero attached hydrogens (tertiary/aromatic N) is 5. The quantitative estimate of drug-likeness (QED) is 0.582. The van der Waals surface area contributed by atoms with Crippen LogP contribution in [-0.2, 0) is 14.4 Å². The first-order chi connectivity index (χ1) is 16.5. The third kappa shape index (κ3) is 5.60. The van der Waals surface area contributed by atoms with E-state index in [4.69, 9.17) is 4.74 Å². The zero-order valence-electron chi connectivity index (χ0n) is 19.1. The Balaban J connectivity index is 1.34. The summed E-state index contributed by atoms with van der Waals surface area (Å²) < 4.78 is 5.26. The topological polar surface area (TPSA) is 120 Å². The summed E-state index contributed by atoms with van der Waals surface area (Å²) in [5.74, 6) is 0.371. The number of benzene rings is 1. The van der Waals surface area contributed by atoms with Crippen molar-refractivity contribution in [1.29, 1.82) is 0 Å². The summed E-state index contributed by atoms with van der Waals surface area (Å²) in [6.07, 6.45) is 3.29. The van der Waals surface area contributed by atoms with Crippen molar-refractivity contribution in [2.45, 2.75) is 12.5 Å². The number of anilines is 2. The molecule has 1 atom stereocenters. The van der Waals surface area contributed by atoms with Crippen molar-refractivity contribution in [2.24, 2.45) is 0 Å². The second-order valence-electron chi connectivity index (χ2n) is 8.16. The van der Waals surface area contributed by atoms with Gasteiger partial charge in [0.2, 0.25) is 23.7 Å². The van der Waals surface area contributed by atoms with Crippen LogP contribution in [0.5, 0.6) is 5.75 Å². The molecule has 4 rings (SSSR count). The van der Waals surface area contributed by atoms with Crippen molar-refractivity contribution in [1.82, 2.24) is 25.1 Å². The van der Waals surface area contributed by atoms with E-state index in [1.807, 2.05) is 0 Å². The van der Waals surface area contributed by atoms with Crippen molar-refractivity contribution in [2.75, 3.05) is 63.1 Å². The van der Waals surface area contributed by atoms with Gasteiger partial charge in [-0.25, -0.2) is 9.97 Å². The molecule has 34 heavy (non-hydrogen) atoms. The number of hydrogen-bond donors (Lipinski definition) is 2. The van der Waals surface area contributed by atoms with Crippen molar-refractivity contribution >= 4 is 29.4 Å². The zero-order valence-corrected chi connectivity index (χ0v) is 19.1. The van der Waals surface area contributed by atoms with Gasteiger partial charge < -0.3 is 25.2 Å². The van der Waals surface area contributed by atoms with E-state index in [0.717, 1.165) is 0 Å². The van der Waals surface area contributed by atoms with Gasteiger partial charge in [0.25, 0.3) is 0 Å². The molecule has 3 heterocycles. The number of amides is 3. The van der Waals surface area contributed by atoms with Gasteiger partial charge in [-0.3, -0.25) is 19.3 Å². The Labute approximate surface area is 198 Å². The molecule has 2 fully saturated rings. The first-order valence-corrected chi connectivity index (χ1v) is 11.3. The van der Waals surface area contributed by atoms with Crippen LogP contribution in [0.25, 0.3) is 0 Å². The predicted molar refractivity (Wildman–Crippen MR) is 125 cm³/mol. The Kier molecular flexibility index (Phi) is 7.53. The van der Waals surface area contributed by atoms with Crippen LogP contribution < -0.4 is 20.3 Å². The number of piperazine rings is 2. The number of aromatic nitrogens is 2. The lowest BCUT2D eigenvalue weighted by atomic mass is 10.1. The highest BCUT2D eigenvalue weighted by atomic mass is 16.5. The van der Waals surface area contributed by atoms with Gasteiger partial charge in [-0.15, -0.1) is 0 Å². The summed E-state index contributed by atoms with van der Waals surface area (Å²) in [6.45, 7) is 3.72. The minimum atomic E-state index is -0.852. The number of nitrogens with one attached hydrogen (secondary N) is 2. The Morgan fingerprint density at radius 1 is 1.09 bits per heavy atom. The molecule has 2 aliphatic rings. The molecule has 2 aliphatic heterocycles. The van der Waals surface area contributed by atoms with E-state index in [2.05, 4.69) is 30.4 Å². The smallest absolute Gasteiger partial charge is 0.243 e. The van der Waals surface area contributed by atoms with Crippen molar-refractivity contribution in [3.05, 3.63) is 42.7 Å². The van der Waals surface area contributed by atoms with E-state index in [-0.39, 0.29) is 30.7 Å². The van der Waals surface area contributed by atoms with Gasteiger partial charge in [-0.05, 0) is 18.2 Å². The fourth-order valence-corrected chi connectivity index (χ4v) is 4.18. The van der Waals surface area contributed by atoms with E-state index in [1.54, 1.807) is 42.7 Å². The van der Waals surface area contributed by atoms with Gasteiger partial charge >= 0.3 is 0 Å². The van der Waals surface area contributed by atoms with E-state index in [0.29, 0.717) is 56.7 Å². The molecule has 3 amide bonds. The Bertz CT molecular complexity index is 1010. The number of ether oxygens (including phenoxy) is 1. The van der Waals surface area contributed by atoms with Gasteiger partial charge in [0.1, 0.15) is 11.8 Å². The summed E-state index contributed by atoms with van der Waals surface area (Å²) >= 11 is 0. The van der Waals surface area contributed by atoms with Crippen LogP contribution in [0.1, 0.15) is 6.42 Å². The predicted octanol–water partition coefficient (Wildman–Crippen LogP) is -0.0370. The van der Waals surface area contributed by atoms with E-state index in [9.17, 15) is 14.4 Å². The third-order valence-electron chi connectivity index (χ3n) is 5.98.